The van der Waals surface area contributed by atoms with E-state index in [1.54, 1.807) is 12.1 Å². The Morgan fingerprint density at radius 2 is 2.05 bits per heavy atom. The number of piperidine rings is 3. The van der Waals surface area contributed by atoms with Crippen molar-refractivity contribution in [1.29, 1.82) is 0 Å². The van der Waals surface area contributed by atoms with Gasteiger partial charge in [-0.05, 0) is 56.1 Å². The fourth-order valence-corrected chi connectivity index (χ4v) is 3.49. The smallest absolute Gasteiger partial charge is 0.287 e. The lowest BCUT2D eigenvalue weighted by Gasteiger charge is -2.44. The minimum atomic E-state index is -0.326. The van der Waals surface area contributed by atoms with E-state index >= 15 is 0 Å². The molecule has 0 unspecified atom stereocenters. The second-order valence-electron chi connectivity index (χ2n) is 6.01. The van der Waals surface area contributed by atoms with Crippen LogP contribution in [0.4, 0.5) is 4.39 Å². The molecule has 3 saturated heterocycles. The van der Waals surface area contributed by atoms with Crippen LogP contribution in [0.1, 0.15) is 23.4 Å². The van der Waals surface area contributed by atoms with Gasteiger partial charge in [-0.15, -0.1) is 12.4 Å². The highest BCUT2D eigenvalue weighted by molar-refractivity contribution is 5.96. The number of nitrogens with zero attached hydrogens (tertiary/aromatic N) is 1. The van der Waals surface area contributed by atoms with Crippen LogP contribution in [0.5, 0.6) is 0 Å². The molecule has 2 aromatic rings. The van der Waals surface area contributed by atoms with Crippen LogP contribution >= 0.6 is 12.4 Å². The molecule has 0 radical (unpaired) electrons. The maximum atomic E-state index is 13.2. The van der Waals surface area contributed by atoms with Crippen molar-refractivity contribution in [2.24, 2.45) is 5.92 Å². The summed E-state index contributed by atoms with van der Waals surface area (Å²) in [4.78, 5) is 14.7. The number of halogens is 2. The van der Waals surface area contributed by atoms with E-state index < -0.39 is 0 Å². The van der Waals surface area contributed by atoms with Gasteiger partial charge in [-0.2, -0.15) is 0 Å². The van der Waals surface area contributed by atoms with E-state index in [0.29, 0.717) is 16.9 Å². The average molecular weight is 325 g/mol. The van der Waals surface area contributed by atoms with Crippen molar-refractivity contribution in [3.8, 4) is 0 Å². The molecule has 3 fully saturated rings. The van der Waals surface area contributed by atoms with Gasteiger partial charge in [0.2, 0.25) is 0 Å². The molecule has 2 bridgehead atoms. The zero-order valence-corrected chi connectivity index (χ0v) is 12.9. The van der Waals surface area contributed by atoms with E-state index in [1.807, 2.05) is 0 Å². The van der Waals surface area contributed by atoms with Crippen molar-refractivity contribution in [2.75, 3.05) is 19.6 Å². The molecule has 3 aliphatic heterocycles. The lowest BCUT2D eigenvalue weighted by molar-refractivity contribution is 0.0607. The van der Waals surface area contributed by atoms with Gasteiger partial charge in [-0.3, -0.25) is 4.79 Å². The number of carbonyl (C=O) groups excluding carboxylic acids is 1. The lowest BCUT2D eigenvalue weighted by atomic mass is 9.84. The van der Waals surface area contributed by atoms with Crippen LogP contribution in [0, 0.1) is 11.7 Å². The molecule has 4 nitrogen and oxygen atoms in total. The van der Waals surface area contributed by atoms with Crippen LogP contribution in [-0.4, -0.2) is 36.5 Å². The number of nitrogens with one attached hydrogen (secondary N) is 1. The second-order valence-corrected chi connectivity index (χ2v) is 6.01. The van der Waals surface area contributed by atoms with Gasteiger partial charge in [0.15, 0.2) is 5.76 Å². The summed E-state index contributed by atoms with van der Waals surface area (Å²) in [7, 11) is 0. The third-order valence-corrected chi connectivity index (χ3v) is 4.67. The maximum Gasteiger partial charge on any atom is 0.287 e. The molecule has 22 heavy (non-hydrogen) atoms. The quantitative estimate of drug-likeness (QED) is 0.924. The van der Waals surface area contributed by atoms with Crippen LogP contribution in [0.15, 0.2) is 28.7 Å². The number of benzene rings is 1. The van der Waals surface area contributed by atoms with Gasteiger partial charge >= 0.3 is 0 Å². The molecule has 0 spiro atoms. The fraction of sp³-hybridized carbons (Fsp3) is 0.438. The molecule has 6 heteroatoms. The van der Waals surface area contributed by atoms with Crippen molar-refractivity contribution in [3.05, 3.63) is 35.8 Å². The highest BCUT2D eigenvalue weighted by atomic mass is 35.5. The first-order valence-corrected chi connectivity index (χ1v) is 7.41. The molecule has 1 amide bonds. The summed E-state index contributed by atoms with van der Waals surface area (Å²) < 4.78 is 18.7. The summed E-state index contributed by atoms with van der Waals surface area (Å²) in [5.41, 5.74) is 0.537. The molecule has 1 aromatic carbocycles. The first-order valence-electron chi connectivity index (χ1n) is 7.41. The monoisotopic (exact) mass is 324 g/mol. The van der Waals surface area contributed by atoms with Crippen molar-refractivity contribution >= 4 is 29.3 Å². The Morgan fingerprint density at radius 1 is 1.27 bits per heavy atom. The van der Waals surface area contributed by atoms with Crippen molar-refractivity contribution < 1.29 is 13.6 Å². The summed E-state index contributed by atoms with van der Waals surface area (Å²) in [5.74, 6) is 0.297. The van der Waals surface area contributed by atoms with Gasteiger partial charge in [0.25, 0.3) is 5.91 Å². The van der Waals surface area contributed by atoms with Gasteiger partial charge in [-0.1, -0.05) is 0 Å². The third kappa shape index (κ3) is 2.71. The number of hydrogen-bond donors (Lipinski definition) is 1. The SMILES string of the molecule is Cl.O=C(N[C@H]1CN2CCC1CC2)c1cc2cc(F)ccc2o1. The molecule has 0 aliphatic carbocycles. The Balaban J connectivity index is 0.00000144. The van der Waals surface area contributed by atoms with E-state index in [1.165, 1.54) is 12.1 Å². The summed E-state index contributed by atoms with van der Waals surface area (Å²) in [5, 5.41) is 3.69. The van der Waals surface area contributed by atoms with Crippen LogP contribution in [0.25, 0.3) is 11.0 Å². The summed E-state index contributed by atoms with van der Waals surface area (Å²) >= 11 is 0. The molecule has 1 atom stereocenters. The van der Waals surface area contributed by atoms with Gasteiger partial charge < -0.3 is 14.6 Å². The highest BCUT2D eigenvalue weighted by Gasteiger charge is 2.35. The predicted octanol–water partition coefficient (Wildman–Crippen LogP) is 2.82. The number of amides is 1. The standard InChI is InChI=1S/C16H17FN2O2.ClH/c17-12-1-2-14-11(7-12)8-15(21-14)16(20)18-13-9-19-5-3-10(13)4-6-19;/h1-2,7-8,10,13H,3-6,9H2,(H,18,20);1H/t13-;/m0./s1. The van der Waals surface area contributed by atoms with Gasteiger partial charge in [0.1, 0.15) is 11.4 Å². The maximum absolute atomic E-state index is 13.2. The Hall–Kier alpha value is -1.59. The highest BCUT2D eigenvalue weighted by Crippen LogP contribution is 2.28. The summed E-state index contributed by atoms with van der Waals surface area (Å²) in [6.45, 7) is 3.20. The molecule has 118 valence electrons. The first kappa shape index (κ1) is 15.3. The van der Waals surface area contributed by atoms with Crippen molar-refractivity contribution in [1.82, 2.24) is 10.2 Å². The lowest BCUT2D eigenvalue weighted by Crippen LogP contribution is -2.57. The Bertz CT molecular complexity index is 695. The minimum absolute atomic E-state index is 0. The molecular weight excluding hydrogens is 307 g/mol. The number of furan rings is 1. The Kier molecular flexibility index (Phi) is 4.10. The summed E-state index contributed by atoms with van der Waals surface area (Å²) in [6.07, 6.45) is 2.30. The molecule has 4 heterocycles. The Morgan fingerprint density at radius 3 is 2.73 bits per heavy atom. The summed E-state index contributed by atoms with van der Waals surface area (Å²) in [6, 6.07) is 6.07. The van der Waals surface area contributed by atoms with Crippen LogP contribution in [-0.2, 0) is 0 Å². The number of hydrogen-bond acceptors (Lipinski definition) is 3. The van der Waals surface area contributed by atoms with Crippen molar-refractivity contribution in [2.45, 2.75) is 18.9 Å². The van der Waals surface area contributed by atoms with E-state index in [4.69, 9.17) is 4.42 Å². The largest absolute Gasteiger partial charge is 0.451 e. The van der Waals surface area contributed by atoms with Crippen LogP contribution in [0.3, 0.4) is 0 Å². The van der Waals surface area contributed by atoms with Crippen LogP contribution < -0.4 is 5.32 Å². The molecular formula is C16H18ClFN2O2. The minimum Gasteiger partial charge on any atom is -0.451 e. The topological polar surface area (TPSA) is 45.5 Å². The number of carbonyl (C=O) groups is 1. The predicted molar refractivity (Wildman–Crippen MR) is 83.8 cm³/mol. The zero-order valence-electron chi connectivity index (χ0n) is 12.0. The third-order valence-electron chi connectivity index (χ3n) is 4.67. The molecule has 5 rings (SSSR count). The van der Waals surface area contributed by atoms with E-state index in [2.05, 4.69) is 10.2 Å². The molecule has 1 aromatic heterocycles. The number of fused-ring (bicyclic) bond motifs is 4. The average Bonchev–Trinajstić information content (AvgIpc) is 2.91. The number of rotatable bonds is 2. The second kappa shape index (κ2) is 5.89. The molecule has 3 aliphatic rings. The first-order chi connectivity index (χ1) is 10.2. The zero-order chi connectivity index (χ0) is 14.4. The van der Waals surface area contributed by atoms with Crippen molar-refractivity contribution in [3.63, 3.8) is 0 Å². The normalized spacial score (nSPS) is 26.7. The Labute approximate surface area is 134 Å². The van der Waals surface area contributed by atoms with Gasteiger partial charge in [0.05, 0.1) is 0 Å². The van der Waals surface area contributed by atoms with E-state index in [-0.39, 0.29) is 35.9 Å². The van der Waals surface area contributed by atoms with E-state index in [9.17, 15) is 9.18 Å². The van der Waals surface area contributed by atoms with Gasteiger partial charge in [-0.25, -0.2) is 4.39 Å². The van der Waals surface area contributed by atoms with Gasteiger partial charge in [0, 0.05) is 18.0 Å². The van der Waals surface area contributed by atoms with E-state index in [0.717, 1.165) is 32.5 Å². The molecule has 1 N–H and O–H groups in total. The molecule has 0 saturated carbocycles. The fourth-order valence-electron chi connectivity index (χ4n) is 3.49. The van der Waals surface area contributed by atoms with Crippen LogP contribution in [0.2, 0.25) is 0 Å².